The van der Waals surface area contributed by atoms with Gasteiger partial charge in [0.1, 0.15) is 0 Å². The summed E-state index contributed by atoms with van der Waals surface area (Å²) in [5.74, 6) is 0. The Labute approximate surface area is 122 Å². The number of likely N-dealkylation sites (N-methyl/N-ethyl adjacent to an activating group) is 1. The molecule has 0 aliphatic carbocycles. The van der Waals surface area contributed by atoms with Gasteiger partial charge >= 0.3 is 0 Å². The van der Waals surface area contributed by atoms with Crippen molar-refractivity contribution in [2.45, 2.75) is 25.6 Å². The molecule has 2 rings (SSSR count). The molecule has 0 aliphatic rings. The van der Waals surface area contributed by atoms with Crippen molar-refractivity contribution < 1.29 is 4.74 Å². The van der Waals surface area contributed by atoms with Crippen LogP contribution in [-0.4, -0.2) is 25.1 Å². The minimum Gasteiger partial charge on any atom is -0.375 e. The van der Waals surface area contributed by atoms with Crippen LogP contribution in [0.2, 0.25) is 0 Å². The highest BCUT2D eigenvalue weighted by molar-refractivity contribution is 5.19. The van der Waals surface area contributed by atoms with Crippen LogP contribution in [0.5, 0.6) is 0 Å². The Balaban J connectivity index is 2.06. The van der Waals surface area contributed by atoms with Gasteiger partial charge in [-0.05, 0) is 25.1 Å². The van der Waals surface area contributed by atoms with E-state index in [1.165, 1.54) is 11.1 Å². The summed E-state index contributed by atoms with van der Waals surface area (Å²) in [4.78, 5) is 2.33. The van der Waals surface area contributed by atoms with Gasteiger partial charge in [-0.15, -0.1) is 0 Å². The molecule has 106 valence electrons. The highest BCUT2D eigenvalue weighted by Gasteiger charge is 2.22. The van der Waals surface area contributed by atoms with Crippen LogP contribution in [0, 0.1) is 0 Å². The quantitative estimate of drug-likeness (QED) is 0.788. The second-order valence-corrected chi connectivity index (χ2v) is 5.21. The number of hydrogen-bond donors (Lipinski definition) is 0. The van der Waals surface area contributed by atoms with Crippen LogP contribution in [0.3, 0.4) is 0 Å². The molecule has 20 heavy (non-hydrogen) atoms. The van der Waals surface area contributed by atoms with E-state index in [2.05, 4.69) is 73.5 Å². The van der Waals surface area contributed by atoms with E-state index in [4.69, 9.17) is 4.74 Å². The van der Waals surface area contributed by atoms with Crippen molar-refractivity contribution in [3.63, 3.8) is 0 Å². The van der Waals surface area contributed by atoms with Gasteiger partial charge < -0.3 is 4.74 Å². The predicted octanol–water partition coefficient (Wildman–Crippen LogP) is 3.89. The van der Waals surface area contributed by atoms with Gasteiger partial charge in [-0.2, -0.15) is 0 Å². The standard InChI is InChI=1S/C18H23NO/c1-15(18(20-3)17-12-8-5-9-13-17)19(2)14-16-10-6-4-7-11-16/h4-13,15,18H,14H2,1-3H3. The average Bonchev–Trinajstić information content (AvgIpc) is 2.50. The van der Waals surface area contributed by atoms with E-state index >= 15 is 0 Å². The van der Waals surface area contributed by atoms with Gasteiger partial charge in [-0.25, -0.2) is 0 Å². The summed E-state index contributed by atoms with van der Waals surface area (Å²) < 4.78 is 5.72. The Morgan fingerprint density at radius 3 is 2.05 bits per heavy atom. The molecule has 2 aromatic carbocycles. The fourth-order valence-electron chi connectivity index (χ4n) is 2.50. The van der Waals surface area contributed by atoms with Gasteiger partial charge in [-0.3, -0.25) is 4.90 Å². The van der Waals surface area contributed by atoms with Gasteiger partial charge in [0.15, 0.2) is 0 Å². The van der Waals surface area contributed by atoms with E-state index in [0.717, 1.165) is 6.54 Å². The van der Waals surface area contributed by atoms with E-state index in [9.17, 15) is 0 Å². The second-order valence-electron chi connectivity index (χ2n) is 5.21. The fourth-order valence-corrected chi connectivity index (χ4v) is 2.50. The van der Waals surface area contributed by atoms with Crippen molar-refractivity contribution in [2.24, 2.45) is 0 Å². The largest absolute Gasteiger partial charge is 0.375 e. The molecule has 0 spiro atoms. The lowest BCUT2D eigenvalue weighted by Crippen LogP contribution is -2.34. The van der Waals surface area contributed by atoms with Crippen LogP contribution in [0.4, 0.5) is 0 Å². The lowest BCUT2D eigenvalue weighted by atomic mass is 10.0. The molecule has 2 nitrogen and oxygen atoms in total. The maximum Gasteiger partial charge on any atom is 0.0973 e. The fraction of sp³-hybridized carbons (Fsp3) is 0.333. The zero-order valence-corrected chi connectivity index (χ0v) is 12.5. The van der Waals surface area contributed by atoms with Gasteiger partial charge in [0.25, 0.3) is 0 Å². The van der Waals surface area contributed by atoms with Crippen LogP contribution in [0.25, 0.3) is 0 Å². The minimum atomic E-state index is 0.0879. The van der Waals surface area contributed by atoms with Crippen LogP contribution >= 0.6 is 0 Å². The monoisotopic (exact) mass is 269 g/mol. The first-order valence-corrected chi connectivity index (χ1v) is 7.04. The molecular weight excluding hydrogens is 246 g/mol. The third kappa shape index (κ3) is 3.69. The Morgan fingerprint density at radius 1 is 0.950 bits per heavy atom. The molecule has 0 bridgehead atoms. The van der Waals surface area contributed by atoms with Crippen molar-refractivity contribution >= 4 is 0 Å². The first-order valence-electron chi connectivity index (χ1n) is 7.04. The van der Waals surface area contributed by atoms with E-state index < -0.39 is 0 Å². The van der Waals surface area contributed by atoms with Gasteiger partial charge in [0, 0.05) is 19.7 Å². The van der Waals surface area contributed by atoms with Crippen LogP contribution in [0.1, 0.15) is 24.2 Å². The average molecular weight is 269 g/mol. The number of nitrogens with zero attached hydrogens (tertiary/aromatic N) is 1. The molecule has 0 heterocycles. The Kier molecular flexibility index (Phi) is 5.33. The summed E-state index contributed by atoms with van der Waals surface area (Å²) in [6.07, 6.45) is 0.0879. The van der Waals surface area contributed by atoms with E-state index in [0.29, 0.717) is 6.04 Å². The molecular formula is C18H23NO. The SMILES string of the molecule is COC(c1ccccc1)C(C)N(C)Cc1ccccc1. The number of benzene rings is 2. The number of rotatable bonds is 6. The minimum absolute atomic E-state index is 0.0879. The maximum atomic E-state index is 5.72. The van der Waals surface area contributed by atoms with Crippen LogP contribution in [-0.2, 0) is 11.3 Å². The first-order chi connectivity index (χ1) is 9.72. The lowest BCUT2D eigenvalue weighted by Gasteiger charge is -2.31. The van der Waals surface area contributed by atoms with Crippen molar-refractivity contribution in [1.82, 2.24) is 4.90 Å². The van der Waals surface area contributed by atoms with Crippen molar-refractivity contribution in [3.05, 3.63) is 71.8 Å². The molecule has 0 aliphatic heterocycles. The summed E-state index contributed by atoms with van der Waals surface area (Å²) in [5.41, 5.74) is 2.55. The molecule has 0 saturated carbocycles. The predicted molar refractivity (Wildman–Crippen MR) is 83.6 cm³/mol. The normalized spacial score (nSPS) is 14.2. The molecule has 0 radical (unpaired) electrons. The number of methoxy groups -OCH3 is 1. The van der Waals surface area contributed by atoms with Gasteiger partial charge in [-0.1, -0.05) is 60.7 Å². The van der Waals surface area contributed by atoms with E-state index in [1.807, 2.05) is 6.07 Å². The molecule has 2 atom stereocenters. The molecule has 2 aromatic rings. The summed E-state index contributed by atoms with van der Waals surface area (Å²) in [6, 6.07) is 21.3. The van der Waals surface area contributed by atoms with Crippen LogP contribution < -0.4 is 0 Å². The van der Waals surface area contributed by atoms with Crippen molar-refractivity contribution in [2.75, 3.05) is 14.2 Å². The topological polar surface area (TPSA) is 12.5 Å². The highest BCUT2D eigenvalue weighted by atomic mass is 16.5. The zero-order chi connectivity index (χ0) is 14.4. The molecule has 0 fully saturated rings. The summed E-state index contributed by atoms with van der Waals surface area (Å²) in [5, 5.41) is 0. The van der Waals surface area contributed by atoms with Crippen LogP contribution in [0.15, 0.2) is 60.7 Å². The summed E-state index contributed by atoms with van der Waals surface area (Å²) in [6.45, 7) is 3.14. The first kappa shape index (κ1) is 14.8. The molecule has 0 aromatic heterocycles. The second kappa shape index (κ2) is 7.22. The third-order valence-corrected chi connectivity index (χ3v) is 3.79. The van der Waals surface area contributed by atoms with E-state index in [1.54, 1.807) is 7.11 Å². The van der Waals surface area contributed by atoms with Gasteiger partial charge in [0.2, 0.25) is 0 Å². The Hall–Kier alpha value is -1.64. The Bertz CT molecular complexity index is 497. The number of hydrogen-bond acceptors (Lipinski definition) is 2. The summed E-state index contributed by atoms with van der Waals surface area (Å²) in [7, 11) is 3.93. The maximum absolute atomic E-state index is 5.72. The molecule has 2 unspecified atom stereocenters. The van der Waals surface area contributed by atoms with Crippen molar-refractivity contribution in [1.29, 1.82) is 0 Å². The molecule has 0 saturated heterocycles. The molecule has 2 heteroatoms. The zero-order valence-electron chi connectivity index (χ0n) is 12.5. The lowest BCUT2D eigenvalue weighted by molar-refractivity contribution is 0.0273. The highest BCUT2D eigenvalue weighted by Crippen LogP contribution is 2.24. The number of ether oxygens (including phenoxy) is 1. The van der Waals surface area contributed by atoms with Crippen molar-refractivity contribution in [3.8, 4) is 0 Å². The summed E-state index contributed by atoms with van der Waals surface area (Å²) >= 11 is 0. The van der Waals surface area contributed by atoms with E-state index in [-0.39, 0.29) is 6.10 Å². The smallest absolute Gasteiger partial charge is 0.0973 e. The molecule has 0 N–H and O–H groups in total. The van der Waals surface area contributed by atoms with Gasteiger partial charge in [0.05, 0.1) is 6.10 Å². The molecule has 0 amide bonds. The third-order valence-electron chi connectivity index (χ3n) is 3.79. The Morgan fingerprint density at radius 2 is 1.50 bits per heavy atom.